The van der Waals surface area contributed by atoms with Crippen LogP contribution < -0.4 is 5.32 Å². The Morgan fingerprint density at radius 1 is 1.35 bits per heavy atom. The van der Waals surface area contributed by atoms with E-state index in [0.717, 1.165) is 11.8 Å². The fourth-order valence-electron chi connectivity index (χ4n) is 2.56. The fourth-order valence-corrected chi connectivity index (χ4v) is 3.17. The van der Waals surface area contributed by atoms with E-state index in [1.807, 2.05) is 6.92 Å². The van der Waals surface area contributed by atoms with E-state index in [4.69, 9.17) is 8.92 Å². The standard InChI is InChI=1S/C18H23NO6S/c1-13-6-8-14(9-7-13)17(20)24-18(21)10-4-5-15(11-18)16(12-19-2)25-26(3,22)23/h4-10,16,19,21H,11-12H2,1-3H3. The molecule has 7 nitrogen and oxygen atoms in total. The first kappa shape index (κ1) is 20.3. The van der Waals surface area contributed by atoms with Crippen molar-refractivity contribution in [3.63, 3.8) is 0 Å². The Morgan fingerprint density at radius 2 is 2.00 bits per heavy atom. The van der Waals surface area contributed by atoms with Gasteiger partial charge in [0.1, 0.15) is 6.10 Å². The Labute approximate surface area is 153 Å². The highest BCUT2D eigenvalue weighted by atomic mass is 32.2. The molecule has 0 heterocycles. The van der Waals surface area contributed by atoms with E-state index >= 15 is 0 Å². The maximum Gasteiger partial charge on any atom is 0.340 e. The zero-order valence-electron chi connectivity index (χ0n) is 14.9. The SMILES string of the molecule is CNCC(OS(C)(=O)=O)C1=CC=CC(O)(OC(=O)c2ccc(C)cc2)C1. The second-order valence-electron chi connectivity index (χ2n) is 6.22. The van der Waals surface area contributed by atoms with Crippen LogP contribution in [0.15, 0.2) is 48.1 Å². The summed E-state index contributed by atoms with van der Waals surface area (Å²) >= 11 is 0. The van der Waals surface area contributed by atoms with Crippen molar-refractivity contribution in [2.75, 3.05) is 19.8 Å². The topological polar surface area (TPSA) is 102 Å². The molecule has 1 aliphatic rings. The Hall–Kier alpha value is -2.00. The summed E-state index contributed by atoms with van der Waals surface area (Å²) in [6.45, 7) is 2.11. The summed E-state index contributed by atoms with van der Waals surface area (Å²) in [6.07, 6.45) is 4.54. The highest BCUT2D eigenvalue weighted by Crippen LogP contribution is 2.29. The van der Waals surface area contributed by atoms with Crippen molar-refractivity contribution in [2.45, 2.75) is 25.2 Å². The number of nitrogens with one attached hydrogen (secondary N) is 1. The Balaban J connectivity index is 2.13. The number of likely N-dealkylation sites (N-methyl/N-ethyl adjacent to an activating group) is 1. The van der Waals surface area contributed by atoms with Crippen molar-refractivity contribution in [2.24, 2.45) is 0 Å². The number of ether oxygens (including phenoxy) is 1. The molecule has 0 bridgehead atoms. The molecule has 0 saturated carbocycles. The van der Waals surface area contributed by atoms with Crippen LogP contribution in [0.25, 0.3) is 0 Å². The second kappa shape index (κ2) is 8.13. The molecule has 8 heteroatoms. The molecule has 2 rings (SSSR count). The van der Waals surface area contributed by atoms with Gasteiger partial charge in [-0.2, -0.15) is 8.42 Å². The molecule has 0 saturated heterocycles. The first-order chi connectivity index (χ1) is 12.1. The quantitative estimate of drug-likeness (QED) is 0.417. The summed E-state index contributed by atoms with van der Waals surface area (Å²) in [5.41, 5.74) is 1.80. The predicted molar refractivity (Wildman–Crippen MR) is 97.0 cm³/mol. The second-order valence-corrected chi connectivity index (χ2v) is 7.83. The van der Waals surface area contributed by atoms with Crippen LogP contribution in [0.1, 0.15) is 22.3 Å². The summed E-state index contributed by atoms with van der Waals surface area (Å²) in [5.74, 6) is -2.55. The van der Waals surface area contributed by atoms with E-state index in [1.54, 1.807) is 37.4 Å². The van der Waals surface area contributed by atoms with Gasteiger partial charge in [-0.05, 0) is 37.8 Å². The summed E-state index contributed by atoms with van der Waals surface area (Å²) in [5, 5.41) is 13.5. The maximum absolute atomic E-state index is 12.3. The lowest BCUT2D eigenvalue weighted by Gasteiger charge is -2.30. The third-order valence-corrected chi connectivity index (χ3v) is 4.36. The molecule has 2 N–H and O–H groups in total. The monoisotopic (exact) mass is 381 g/mol. The van der Waals surface area contributed by atoms with Gasteiger partial charge in [-0.15, -0.1) is 0 Å². The van der Waals surface area contributed by atoms with Gasteiger partial charge in [0.15, 0.2) is 0 Å². The van der Waals surface area contributed by atoms with Crippen molar-refractivity contribution >= 4 is 16.1 Å². The van der Waals surface area contributed by atoms with E-state index in [9.17, 15) is 18.3 Å². The number of carbonyl (C=O) groups is 1. The lowest BCUT2D eigenvalue weighted by atomic mass is 9.95. The van der Waals surface area contributed by atoms with Gasteiger partial charge < -0.3 is 15.2 Å². The van der Waals surface area contributed by atoms with E-state index in [-0.39, 0.29) is 13.0 Å². The van der Waals surface area contributed by atoms with E-state index in [1.165, 1.54) is 12.2 Å². The maximum atomic E-state index is 12.3. The van der Waals surface area contributed by atoms with Gasteiger partial charge >= 0.3 is 5.97 Å². The van der Waals surface area contributed by atoms with Gasteiger partial charge in [0, 0.05) is 13.0 Å². The number of hydrogen-bond acceptors (Lipinski definition) is 7. The van der Waals surface area contributed by atoms with Crippen LogP contribution in [0.3, 0.4) is 0 Å². The minimum atomic E-state index is -3.70. The average molecular weight is 381 g/mol. The van der Waals surface area contributed by atoms with Gasteiger partial charge in [-0.1, -0.05) is 29.8 Å². The first-order valence-electron chi connectivity index (χ1n) is 8.05. The third kappa shape index (κ3) is 5.77. The number of aliphatic hydroxyl groups is 1. The van der Waals surface area contributed by atoms with Crippen LogP contribution in [-0.2, 0) is 19.0 Å². The van der Waals surface area contributed by atoms with E-state index < -0.39 is 28.0 Å². The predicted octanol–water partition coefficient (Wildman–Crippen LogP) is 1.29. The molecule has 1 aromatic carbocycles. The summed E-state index contributed by atoms with van der Waals surface area (Å²) in [6, 6.07) is 6.76. The summed E-state index contributed by atoms with van der Waals surface area (Å²) in [7, 11) is -2.04. The van der Waals surface area contributed by atoms with Crippen molar-refractivity contribution in [1.82, 2.24) is 5.32 Å². The summed E-state index contributed by atoms with van der Waals surface area (Å²) in [4.78, 5) is 12.3. The summed E-state index contributed by atoms with van der Waals surface area (Å²) < 4.78 is 33.3. The van der Waals surface area contributed by atoms with Gasteiger partial charge in [0.25, 0.3) is 10.1 Å². The van der Waals surface area contributed by atoms with E-state index in [0.29, 0.717) is 11.1 Å². The zero-order chi connectivity index (χ0) is 19.4. The first-order valence-corrected chi connectivity index (χ1v) is 9.87. The van der Waals surface area contributed by atoms with Crippen molar-refractivity contribution in [1.29, 1.82) is 0 Å². The van der Waals surface area contributed by atoms with Crippen molar-refractivity contribution in [3.05, 3.63) is 59.2 Å². The number of hydrogen-bond donors (Lipinski definition) is 2. The molecule has 2 atom stereocenters. The van der Waals surface area contributed by atoms with Gasteiger partial charge in [-0.3, -0.25) is 4.18 Å². The molecule has 1 aromatic rings. The molecule has 1 aliphatic carbocycles. The van der Waals surface area contributed by atoms with E-state index in [2.05, 4.69) is 5.32 Å². The number of benzene rings is 1. The number of aryl methyl sites for hydroxylation is 1. The van der Waals surface area contributed by atoms with Crippen LogP contribution in [0, 0.1) is 6.92 Å². The lowest BCUT2D eigenvalue weighted by Crippen LogP contribution is -2.39. The van der Waals surface area contributed by atoms with Crippen molar-refractivity contribution < 1.29 is 27.2 Å². The average Bonchev–Trinajstić information content (AvgIpc) is 2.53. The van der Waals surface area contributed by atoms with Gasteiger partial charge in [0.05, 0.1) is 11.8 Å². The van der Waals surface area contributed by atoms with Gasteiger partial charge in [-0.25, -0.2) is 4.79 Å². The molecule has 142 valence electrons. The molecular weight excluding hydrogens is 358 g/mol. The number of carbonyl (C=O) groups excluding carboxylic acids is 1. The van der Waals surface area contributed by atoms with Crippen LogP contribution in [0.5, 0.6) is 0 Å². The molecular formula is C18H23NO6S. The van der Waals surface area contributed by atoms with Gasteiger partial charge in [0.2, 0.25) is 5.79 Å². The fraction of sp³-hybridized carbons (Fsp3) is 0.389. The number of rotatable bonds is 7. The van der Waals surface area contributed by atoms with Crippen molar-refractivity contribution in [3.8, 4) is 0 Å². The Kier molecular flexibility index (Phi) is 6.35. The number of allylic oxidation sites excluding steroid dienone is 2. The minimum absolute atomic E-state index is 0.0943. The highest BCUT2D eigenvalue weighted by Gasteiger charge is 2.35. The molecule has 0 aliphatic heterocycles. The Morgan fingerprint density at radius 3 is 2.58 bits per heavy atom. The molecule has 0 radical (unpaired) electrons. The highest BCUT2D eigenvalue weighted by molar-refractivity contribution is 7.86. The normalized spacial score (nSPS) is 21.2. The zero-order valence-corrected chi connectivity index (χ0v) is 15.7. The van der Waals surface area contributed by atoms with Crippen LogP contribution in [0.2, 0.25) is 0 Å². The lowest BCUT2D eigenvalue weighted by molar-refractivity contribution is -0.129. The molecule has 26 heavy (non-hydrogen) atoms. The van der Waals surface area contributed by atoms with Crippen LogP contribution >= 0.6 is 0 Å². The molecule has 0 fully saturated rings. The van der Waals surface area contributed by atoms with Crippen LogP contribution in [-0.4, -0.2) is 51.2 Å². The molecule has 0 amide bonds. The largest absolute Gasteiger partial charge is 0.425 e. The molecule has 2 unspecified atom stereocenters. The third-order valence-electron chi connectivity index (χ3n) is 3.78. The molecule has 0 aromatic heterocycles. The molecule has 0 spiro atoms. The Bertz CT molecular complexity index is 813. The minimum Gasteiger partial charge on any atom is -0.425 e. The smallest absolute Gasteiger partial charge is 0.340 e. The van der Waals surface area contributed by atoms with Crippen LogP contribution in [0.4, 0.5) is 0 Å². The number of esters is 1.